The summed E-state index contributed by atoms with van der Waals surface area (Å²) >= 11 is 0. The van der Waals surface area contributed by atoms with Crippen molar-refractivity contribution in [1.82, 2.24) is 0 Å². The lowest BCUT2D eigenvalue weighted by Crippen LogP contribution is -2.24. The highest BCUT2D eigenvalue weighted by molar-refractivity contribution is 5.35. The number of aryl methyl sites for hydroxylation is 1. The van der Waals surface area contributed by atoms with Crippen LogP contribution in [0.5, 0.6) is 0 Å². The molecule has 18 heavy (non-hydrogen) atoms. The van der Waals surface area contributed by atoms with E-state index in [1.54, 1.807) is 0 Å². The SMILES string of the molecule is OC(CC1CCOCC1)C1CCc2ccccc21. The molecule has 1 aromatic carbocycles. The summed E-state index contributed by atoms with van der Waals surface area (Å²) < 4.78 is 5.38. The Morgan fingerprint density at radius 1 is 1.17 bits per heavy atom. The Morgan fingerprint density at radius 2 is 1.94 bits per heavy atom. The standard InChI is InChI=1S/C16H22O2/c17-16(11-12-7-9-18-10-8-12)15-6-5-13-3-1-2-4-14(13)15/h1-4,12,15-17H,5-11H2. The first kappa shape index (κ1) is 12.2. The molecule has 0 bridgehead atoms. The van der Waals surface area contributed by atoms with Gasteiger partial charge in [0.15, 0.2) is 0 Å². The first-order valence-electron chi connectivity index (χ1n) is 7.18. The Kier molecular flexibility index (Phi) is 3.67. The molecule has 1 fully saturated rings. The van der Waals surface area contributed by atoms with Crippen molar-refractivity contribution in [2.75, 3.05) is 13.2 Å². The number of ether oxygens (including phenoxy) is 1. The van der Waals surface area contributed by atoms with Crippen molar-refractivity contribution in [1.29, 1.82) is 0 Å². The van der Waals surface area contributed by atoms with Crippen molar-refractivity contribution in [3.05, 3.63) is 35.4 Å². The third-order valence-electron chi connectivity index (χ3n) is 4.56. The second kappa shape index (κ2) is 5.41. The summed E-state index contributed by atoms with van der Waals surface area (Å²) in [6, 6.07) is 8.60. The zero-order valence-electron chi connectivity index (χ0n) is 10.8. The number of aliphatic hydroxyl groups is 1. The lowest BCUT2D eigenvalue weighted by atomic mass is 9.86. The topological polar surface area (TPSA) is 29.5 Å². The Hall–Kier alpha value is -0.860. The molecule has 2 heteroatoms. The molecule has 0 spiro atoms. The van der Waals surface area contributed by atoms with Crippen LogP contribution in [-0.2, 0) is 11.2 Å². The summed E-state index contributed by atoms with van der Waals surface area (Å²) in [7, 11) is 0. The molecule has 98 valence electrons. The van der Waals surface area contributed by atoms with E-state index in [9.17, 15) is 5.11 Å². The van der Waals surface area contributed by atoms with Crippen LogP contribution in [-0.4, -0.2) is 24.4 Å². The molecular formula is C16H22O2. The van der Waals surface area contributed by atoms with Crippen molar-refractivity contribution < 1.29 is 9.84 Å². The summed E-state index contributed by atoms with van der Waals surface area (Å²) in [6.45, 7) is 1.75. The van der Waals surface area contributed by atoms with E-state index in [1.807, 2.05) is 0 Å². The molecule has 2 aliphatic rings. The molecule has 1 saturated heterocycles. The van der Waals surface area contributed by atoms with Gasteiger partial charge >= 0.3 is 0 Å². The zero-order valence-corrected chi connectivity index (χ0v) is 10.8. The maximum atomic E-state index is 10.5. The molecule has 0 aromatic heterocycles. The van der Waals surface area contributed by atoms with Gasteiger partial charge in [-0.2, -0.15) is 0 Å². The fraction of sp³-hybridized carbons (Fsp3) is 0.625. The maximum absolute atomic E-state index is 10.5. The highest BCUT2D eigenvalue weighted by Gasteiger charge is 2.30. The highest BCUT2D eigenvalue weighted by Crippen LogP contribution is 2.38. The monoisotopic (exact) mass is 246 g/mol. The van der Waals surface area contributed by atoms with Gasteiger partial charge in [-0.05, 0) is 49.1 Å². The van der Waals surface area contributed by atoms with Gasteiger partial charge in [0.05, 0.1) is 6.10 Å². The predicted molar refractivity (Wildman–Crippen MR) is 71.7 cm³/mol. The minimum atomic E-state index is -0.170. The van der Waals surface area contributed by atoms with Crippen LogP contribution in [0.3, 0.4) is 0 Å². The maximum Gasteiger partial charge on any atom is 0.0611 e. The lowest BCUT2D eigenvalue weighted by molar-refractivity contribution is 0.0375. The van der Waals surface area contributed by atoms with Gasteiger partial charge in [-0.1, -0.05) is 24.3 Å². The molecule has 3 rings (SSSR count). The lowest BCUT2D eigenvalue weighted by Gasteiger charge is -2.27. The molecule has 1 aliphatic heterocycles. The van der Waals surface area contributed by atoms with Crippen LogP contribution in [0.2, 0.25) is 0 Å². The summed E-state index contributed by atoms with van der Waals surface area (Å²) in [5.74, 6) is 1.02. The molecule has 0 saturated carbocycles. The molecule has 0 radical (unpaired) electrons. The smallest absolute Gasteiger partial charge is 0.0611 e. The van der Waals surface area contributed by atoms with E-state index in [4.69, 9.17) is 4.74 Å². The number of fused-ring (bicyclic) bond motifs is 1. The Balaban J connectivity index is 1.64. The van der Waals surface area contributed by atoms with E-state index in [-0.39, 0.29) is 6.10 Å². The molecule has 1 heterocycles. The largest absolute Gasteiger partial charge is 0.392 e. The summed E-state index contributed by atoms with van der Waals surface area (Å²) in [5.41, 5.74) is 2.82. The number of hydrogen-bond acceptors (Lipinski definition) is 2. The van der Waals surface area contributed by atoms with Gasteiger partial charge in [0.1, 0.15) is 0 Å². The van der Waals surface area contributed by atoms with Crippen LogP contribution in [0.4, 0.5) is 0 Å². The van der Waals surface area contributed by atoms with Crippen LogP contribution >= 0.6 is 0 Å². The van der Waals surface area contributed by atoms with E-state index in [0.29, 0.717) is 11.8 Å². The van der Waals surface area contributed by atoms with Gasteiger partial charge in [-0.25, -0.2) is 0 Å². The van der Waals surface area contributed by atoms with E-state index >= 15 is 0 Å². The first-order chi connectivity index (χ1) is 8.84. The van der Waals surface area contributed by atoms with E-state index in [0.717, 1.165) is 45.3 Å². The van der Waals surface area contributed by atoms with E-state index in [2.05, 4.69) is 24.3 Å². The third kappa shape index (κ3) is 2.45. The van der Waals surface area contributed by atoms with E-state index in [1.165, 1.54) is 11.1 Å². The molecule has 2 atom stereocenters. The number of aliphatic hydroxyl groups excluding tert-OH is 1. The second-order valence-corrected chi connectivity index (χ2v) is 5.70. The molecule has 2 unspecified atom stereocenters. The average molecular weight is 246 g/mol. The third-order valence-corrected chi connectivity index (χ3v) is 4.56. The number of benzene rings is 1. The molecule has 2 nitrogen and oxygen atoms in total. The van der Waals surface area contributed by atoms with Crippen molar-refractivity contribution in [2.45, 2.75) is 44.1 Å². The fourth-order valence-electron chi connectivity index (χ4n) is 3.48. The first-order valence-corrected chi connectivity index (χ1v) is 7.18. The van der Waals surface area contributed by atoms with Crippen molar-refractivity contribution in [2.24, 2.45) is 5.92 Å². The Morgan fingerprint density at radius 3 is 2.78 bits per heavy atom. The van der Waals surface area contributed by atoms with Crippen molar-refractivity contribution >= 4 is 0 Å². The minimum Gasteiger partial charge on any atom is -0.392 e. The molecule has 1 aliphatic carbocycles. The van der Waals surface area contributed by atoms with Crippen LogP contribution in [0, 0.1) is 5.92 Å². The van der Waals surface area contributed by atoms with Gasteiger partial charge in [0, 0.05) is 19.1 Å². The van der Waals surface area contributed by atoms with Gasteiger partial charge in [-0.3, -0.25) is 0 Å². The Bertz CT molecular complexity index is 396. The normalized spacial score (nSPS) is 25.9. The Labute approximate surface area is 109 Å². The second-order valence-electron chi connectivity index (χ2n) is 5.70. The predicted octanol–water partition coefficient (Wildman–Crippen LogP) is 2.89. The quantitative estimate of drug-likeness (QED) is 0.888. The van der Waals surface area contributed by atoms with Crippen LogP contribution in [0.25, 0.3) is 0 Å². The van der Waals surface area contributed by atoms with Gasteiger partial charge in [-0.15, -0.1) is 0 Å². The highest BCUT2D eigenvalue weighted by atomic mass is 16.5. The minimum absolute atomic E-state index is 0.170. The average Bonchev–Trinajstić information content (AvgIpc) is 2.84. The van der Waals surface area contributed by atoms with Gasteiger partial charge in [0.2, 0.25) is 0 Å². The van der Waals surface area contributed by atoms with Crippen molar-refractivity contribution in [3.8, 4) is 0 Å². The summed E-state index contributed by atoms with van der Waals surface area (Å²) in [5, 5.41) is 10.5. The molecular weight excluding hydrogens is 224 g/mol. The molecule has 1 aromatic rings. The van der Waals surface area contributed by atoms with E-state index < -0.39 is 0 Å². The molecule has 0 amide bonds. The summed E-state index contributed by atoms with van der Waals surface area (Å²) in [6.07, 6.45) is 5.26. The van der Waals surface area contributed by atoms with Gasteiger partial charge < -0.3 is 9.84 Å². The fourth-order valence-corrected chi connectivity index (χ4v) is 3.48. The molecule has 1 N–H and O–H groups in total. The van der Waals surface area contributed by atoms with Gasteiger partial charge in [0.25, 0.3) is 0 Å². The summed E-state index contributed by atoms with van der Waals surface area (Å²) in [4.78, 5) is 0. The number of hydrogen-bond donors (Lipinski definition) is 1. The zero-order chi connectivity index (χ0) is 12.4. The number of rotatable bonds is 3. The van der Waals surface area contributed by atoms with Crippen LogP contribution < -0.4 is 0 Å². The van der Waals surface area contributed by atoms with Crippen LogP contribution in [0.15, 0.2) is 24.3 Å². The van der Waals surface area contributed by atoms with Crippen molar-refractivity contribution in [3.63, 3.8) is 0 Å². The van der Waals surface area contributed by atoms with Crippen LogP contribution in [0.1, 0.15) is 42.7 Å².